The van der Waals surface area contributed by atoms with Crippen molar-refractivity contribution in [1.82, 2.24) is 5.32 Å². The molecule has 0 heterocycles. The van der Waals surface area contributed by atoms with Gasteiger partial charge in [-0.3, -0.25) is 10.1 Å². The summed E-state index contributed by atoms with van der Waals surface area (Å²) in [5, 5.41) is 13.8. The summed E-state index contributed by atoms with van der Waals surface area (Å²) in [6, 6.07) is 4.10. The van der Waals surface area contributed by atoms with Crippen LogP contribution in [0.5, 0.6) is 0 Å². The number of halogens is 4. The molecule has 0 unspecified atom stereocenters. The Morgan fingerprint density at radius 3 is 2.63 bits per heavy atom. The van der Waals surface area contributed by atoms with E-state index in [1.165, 1.54) is 18.2 Å². The fourth-order valence-corrected chi connectivity index (χ4v) is 1.71. The van der Waals surface area contributed by atoms with Crippen LogP contribution in [0.1, 0.15) is 18.4 Å². The van der Waals surface area contributed by atoms with Gasteiger partial charge in [0.2, 0.25) is 0 Å². The van der Waals surface area contributed by atoms with Gasteiger partial charge in [0, 0.05) is 29.6 Å². The number of benzene rings is 1. The maximum Gasteiger partial charge on any atom is 0.389 e. The number of alkyl halides is 3. The third-order valence-corrected chi connectivity index (χ3v) is 2.60. The van der Waals surface area contributed by atoms with Crippen molar-refractivity contribution in [1.29, 1.82) is 0 Å². The van der Waals surface area contributed by atoms with Crippen molar-refractivity contribution in [3.8, 4) is 0 Å². The number of nitro benzene ring substituents is 1. The first kappa shape index (κ1) is 15.7. The number of nitrogens with zero attached hydrogens (tertiary/aromatic N) is 1. The largest absolute Gasteiger partial charge is 0.389 e. The van der Waals surface area contributed by atoms with Crippen molar-refractivity contribution in [3.63, 3.8) is 0 Å². The lowest BCUT2D eigenvalue weighted by molar-refractivity contribution is -0.385. The van der Waals surface area contributed by atoms with Gasteiger partial charge in [-0.05, 0) is 25.1 Å². The third kappa shape index (κ3) is 5.89. The maximum atomic E-state index is 11.9. The van der Waals surface area contributed by atoms with Crippen LogP contribution < -0.4 is 5.32 Å². The molecular weight excluding hydrogens is 285 g/mol. The van der Waals surface area contributed by atoms with Crippen molar-refractivity contribution in [2.75, 3.05) is 6.54 Å². The highest BCUT2D eigenvalue weighted by Crippen LogP contribution is 2.23. The number of hydrogen-bond acceptors (Lipinski definition) is 3. The van der Waals surface area contributed by atoms with Crippen LogP contribution in [0.3, 0.4) is 0 Å². The Morgan fingerprint density at radius 2 is 2.05 bits per heavy atom. The molecular formula is C11H12ClF3N2O2. The van der Waals surface area contributed by atoms with Gasteiger partial charge in [0.15, 0.2) is 0 Å². The lowest BCUT2D eigenvalue weighted by Gasteiger charge is -2.08. The van der Waals surface area contributed by atoms with Crippen LogP contribution in [-0.4, -0.2) is 17.6 Å². The Labute approximate surface area is 112 Å². The first-order chi connectivity index (χ1) is 8.79. The summed E-state index contributed by atoms with van der Waals surface area (Å²) >= 11 is 5.72. The lowest BCUT2D eigenvalue weighted by atomic mass is 10.2. The van der Waals surface area contributed by atoms with Crippen molar-refractivity contribution in [3.05, 3.63) is 38.9 Å². The molecule has 0 aliphatic heterocycles. The van der Waals surface area contributed by atoms with Crippen molar-refractivity contribution >= 4 is 17.3 Å². The fraction of sp³-hybridized carbons (Fsp3) is 0.455. The van der Waals surface area contributed by atoms with Gasteiger partial charge in [-0.25, -0.2) is 0 Å². The van der Waals surface area contributed by atoms with Gasteiger partial charge in [0.25, 0.3) is 5.69 Å². The zero-order chi connectivity index (χ0) is 14.5. The van der Waals surface area contributed by atoms with E-state index in [-0.39, 0.29) is 25.2 Å². The average Bonchev–Trinajstić information content (AvgIpc) is 2.26. The molecule has 0 aliphatic rings. The minimum Gasteiger partial charge on any atom is -0.312 e. The minimum atomic E-state index is -4.18. The van der Waals surface area contributed by atoms with Crippen molar-refractivity contribution < 1.29 is 18.1 Å². The van der Waals surface area contributed by atoms with Gasteiger partial charge in [0.1, 0.15) is 0 Å². The van der Waals surface area contributed by atoms with E-state index in [0.717, 1.165) is 0 Å². The number of nitrogens with one attached hydrogen (secondary N) is 1. The minimum absolute atomic E-state index is 0.0716. The molecule has 0 atom stereocenters. The van der Waals surface area contributed by atoms with E-state index < -0.39 is 17.5 Å². The molecule has 0 saturated carbocycles. The predicted molar refractivity (Wildman–Crippen MR) is 65.1 cm³/mol. The molecule has 1 N–H and O–H groups in total. The van der Waals surface area contributed by atoms with Gasteiger partial charge in [-0.15, -0.1) is 0 Å². The predicted octanol–water partition coefficient (Wildman–Crippen LogP) is 3.68. The summed E-state index contributed by atoms with van der Waals surface area (Å²) in [5.41, 5.74) is 0.247. The summed E-state index contributed by atoms with van der Waals surface area (Å²) in [6.07, 6.45) is -5.13. The van der Waals surface area contributed by atoms with Gasteiger partial charge in [-0.2, -0.15) is 13.2 Å². The molecule has 1 aromatic rings. The Morgan fingerprint density at radius 1 is 1.37 bits per heavy atom. The Kier molecular flexibility index (Phi) is 5.56. The number of rotatable bonds is 6. The molecule has 106 valence electrons. The molecule has 19 heavy (non-hydrogen) atoms. The van der Waals surface area contributed by atoms with E-state index in [1.54, 1.807) is 0 Å². The van der Waals surface area contributed by atoms with Crippen LogP contribution in [0.25, 0.3) is 0 Å². The van der Waals surface area contributed by atoms with Gasteiger partial charge < -0.3 is 5.32 Å². The molecule has 1 rings (SSSR count). The highest BCUT2D eigenvalue weighted by Gasteiger charge is 2.25. The lowest BCUT2D eigenvalue weighted by Crippen LogP contribution is -2.18. The van der Waals surface area contributed by atoms with E-state index in [1.807, 2.05) is 0 Å². The normalized spacial score (nSPS) is 11.6. The average molecular weight is 297 g/mol. The van der Waals surface area contributed by atoms with Crippen LogP contribution in [0.4, 0.5) is 18.9 Å². The zero-order valence-corrected chi connectivity index (χ0v) is 10.6. The molecule has 0 radical (unpaired) electrons. The molecule has 8 heteroatoms. The van der Waals surface area contributed by atoms with Crippen molar-refractivity contribution in [2.45, 2.75) is 25.6 Å². The Balaban J connectivity index is 2.49. The summed E-state index contributed by atoms with van der Waals surface area (Å²) < 4.78 is 35.7. The monoisotopic (exact) mass is 296 g/mol. The molecule has 0 aromatic heterocycles. The van der Waals surface area contributed by atoms with Crippen molar-refractivity contribution in [2.24, 2.45) is 0 Å². The number of nitro groups is 1. The summed E-state index contributed by atoms with van der Waals surface area (Å²) in [6.45, 7) is 0.234. The highest BCUT2D eigenvalue weighted by molar-refractivity contribution is 6.30. The second-order valence-corrected chi connectivity index (χ2v) is 4.36. The molecule has 0 spiro atoms. The van der Waals surface area contributed by atoms with E-state index >= 15 is 0 Å². The van der Waals surface area contributed by atoms with Crippen LogP contribution in [0, 0.1) is 10.1 Å². The summed E-state index contributed by atoms with van der Waals surface area (Å²) in [4.78, 5) is 10.2. The zero-order valence-electron chi connectivity index (χ0n) is 9.84. The quantitative estimate of drug-likeness (QED) is 0.495. The number of hydrogen-bond donors (Lipinski definition) is 1. The van der Waals surface area contributed by atoms with Crippen LogP contribution in [-0.2, 0) is 6.54 Å². The van der Waals surface area contributed by atoms with E-state index in [9.17, 15) is 23.3 Å². The van der Waals surface area contributed by atoms with E-state index in [4.69, 9.17) is 11.6 Å². The van der Waals surface area contributed by atoms with Gasteiger partial charge >= 0.3 is 6.18 Å². The van der Waals surface area contributed by atoms with Crippen LogP contribution in [0.15, 0.2) is 18.2 Å². The second-order valence-electron chi connectivity index (χ2n) is 3.93. The van der Waals surface area contributed by atoms with Crippen LogP contribution in [0.2, 0.25) is 5.02 Å². The smallest absolute Gasteiger partial charge is 0.312 e. The van der Waals surface area contributed by atoms with Gasteiger partial charge in [0.05, 0.1) is 4.92 Å². The summed E-state index contributed by atoms with van der Waals surface area (Å²) in [5.74, 6) is 0. The molecule has 0 saturated heterocycles. The molecule has 4 nitrogen and oxygen atoms in total. The maximum absolute atomic E-state index is 11.9. The van der Waals surface area contributed by atoms with E-state index in [0.29, 0.717) is 10.6 Å². The molecule has 1 aromatic carbocycles. The molecule has 0 fully saturated rings. The molecule has 0 bridgehead atoms. The molecule has 0 amide bonds. The fourth-order valence-electron chi connectivity index (χ4n) is 1.51. The Bertz CT molecular complexity index is 452. The topological polar surface area (TPSA) is 55.2 Å². The first-order valence-electron chi connectivity index (χ1n) is 5.50. The highest BCUT2D eigenvalue weighted by atomic mass is 35.5. The third-order valence-electron chi connectivity index (χ3n) is 2.37. The van der Waals surface area contributed by atoms with Crippen LogP contribution >= 0.6 is 11.6 Å². The summed E-state index contributed by atoms with van der Waals surface area (Å²) in [7, 11) is 0. The second kappa shape index (κ2) is 6.72. The van der Waals surface area contributed by atoms with Gasteiger partial charge in [-0.1, -0.05) is 11.6 Å². The first-order valence-corrected chi connectivity index (χ1v) is 5.87. The van der Waals surface area contributed by atoms with E-state index in [2.05, 4.69) is 5.32 Å². The Hall–Kier alpha value is -1.34. The molecule has 0 aliphatic carbocycles. The standard InChI is InChI=1S/C11H12ClF3N2O2/c12-9-2-3-10(17(18)19)8(6-9)7-16-5-1-4-11(13,14)15/h2-3,6,16H,1,4-5,7H2. The SMILES string of the molecule is O=[N+]([O-])c1ccc(Cl)cc1CNCCCC(F)(F)F.